The molecule has 4 nitrogen and oxygen atoms in total. The number of nitrogens with zero attached hydrogens (tertiary/aromatic N) is 4. The Kier molecular flexibility index (Phi) is 3.01. The molecule has 0 spiro atoms. The van der Waals surface area contributed by atoms with Crippen molar-refractivity contribution in [1.29, 1.82) is 0 Å². The Labute approximate surface area is 140 Å². The van der Waals surface area contributed by atoms with Crippen LogP contribution >= 0.6 is 0 Å². The summed E-state index contributed by atoms with van der Waals surface area (Å²) >= 11 is 0. The first-order valence-corrected chi connectivity index (χ1v) is 8.38. The second kappa shape index (κ2) is 5.34. The Morgan fingerprint density at radius 2 is 1.00 bits per heavy atom. The molecule has 4 heterocycles. The molecular formula is C20H18N4. The predicted octanol–water partition coefficient (Wildman–Crippen LogP) is 3.54. The third-order valence-electron chi connectivity index (χ3n) is 4.89. The average Bonchev–Trinajstić information content (AvgIpc) is 3.34. The van der Waals surface area contributed by atoms with Gasteiger partial charge >= 0.3 is 0 Å². The van der Waals surface area contributed by atoms with Crippen molar-refractivity contribution in [1.82, 2.24) is 9.97 Å². The van der Waals surface area contributed by atoms with Crippen LogP contribution in [0.1, 0.15) is 0 Å². The smallest absolute Gasteiger partial charge is 0.0986 e. The molecule has 0 saturated heterocycles. The van der Waals surface area contributed by atoms with Gasteiger partial charge < -0.3 is 9.80 Å². The quantitative estimate of drug-likeness (QED) is 0.535. The summed E-state index contributed by atoms with van der Waals surface area (Å²) in [5, 5.41) is 2.36. The van der Waals surface area contributed by atoms with Crippen LogP contribution in [0.4, 0.5) is 11.4 Å². The highest BCUT2D eigenvalue weighted by atomic mass is 15.1. The number of fused-ring (bicyclic) bond motifs is 3. The van der Waals surface area contributed by atoms with Crippen molar-refractivity contribution in [3.63, 3.8) is 0 Å². The van der Waals surface area contributed by atoms with Crippen molar-refractivity contribution in [2.45, 2.75) is 0 Å². The van der Waals surface area contributed by atoms with E-state index in [1.807, 2.05) is 12.4 Å². The third kappa shape index (κ3) is 1.99. The molecule has 0 unspecified atom stereocenters. The van der Waals surface area contributed by atoms with Gasteiger partial charge in [0.15, 0.2) is 0 Å². The van der Waals surface area contributed by atoms with Crippen molar-refractivity contribution in [3.8, 4) is 0 Å². The Morgan fingerprint density at radius 1 is 0.583 bits per heavy atom. The lowest BCUT2D eigenvalue weighted by Gasteiger charge is -2.22. The Bertz CT molecular complexity index is 893. The standard InChI is InChI=1S/C20H18N4/c1-2-12-23(11-1)17-7-9-21-19-15(17)5-6-16-18(8-10-22-20(16)19)24-13-3-4-14-24/h1-10H,11-14H2. The summed E-state index contributed by atoms with van der Waals surface area (Å²) in [5.74, 6) is 0. The second-order valence-corrected chi connectivity index (χ2v) is 6.27. The van der Waals surface area contributed by atoms with Crippen LogP contribution in [0.2, 0.25) is 0 Å². The van der Waals surface area contributed by atoms with Gasteiger partial charge in [-0.15, -0.1) is 0 Å². The van der Waals surface area contributed by atoms with Crippen LogP contribution in [0, 0.1) is 0 Å². The van der Waals surface area contributed by atoms with Crippen molar-refractivity contribution in [2.24, 2.45) is 0 Å². The van der Waals surface area contributed by atoms with E-state index in [0.717, 1.165) is 37.2 Å². The molecule has 0 N–H and O–H groups in total. The first-order valence-electron chi connectivity index (χ1n) is 8.38. The summed E-state index contributed by atoms with van der Waals surface area (Å²) in [4.78, 5) is 14.1. The molecule has 0 atom stereocenters. The monoisotopic (exact) mass is 314 g/mol. The number of hydrogen-bond acceptors (Lipinski definition) is 4. The van der Waals surface area contributed by atoms with Gasteiger partial charge in [0, 0.05) is 60.7 Å². The molecule has 0 aliphatic carbocycles. The fourth-order valence-electron chi connectivity index (χ4n) is 3.70. The van der Waals surface area contributed by atoms with E-state index < -0.39 is 0 Å². The number of pyridine rings is 2. The lowest BCUT2D eigenvalue weighted by Crippen LogP contribution is -2.19. The topological polar surface area (TPSA) is 32.3 Å². The highest BCUT2D eigenvalue weighted by molar-refractivity contribution is 6.10. The minimum absolute atomic E-state index is 0.962. The van der Waals surface area contributed by atoms with Crippen LogP contribution in [0.15, 0.2) is 61.0 Å². The molecule has 118 valence electrons. The molecular weight excluding hydrogens is 296 g/mol. The van der Waals surface area contributed by atoms with Crippen LogP contribution < -0.4 is 9.80 Å². The fraction of sp³-hybridized carbons (Fsp3) is 0.200. The molecule has 1 aromatic carbocycles. The van der Waals surface area contributed by atoms with Gasteiger partial charge in [-0.1, -0.05) is 24.3 Å². The SMILES string of the molecule is C1=CCN(c2ccnc3c2ccc2c(N4CC=CC4)ccnc23)C1. The van der Waals surface area contributed by atoms with E-state index in [-0.39, 0.29) is 0 Å². The highest BCUT2D eigenvalue weighted by Crippen LogP contribution is 2.34. The van der Waals surface area contributed by atoms with E-state index in [4.69, 9.17) is 0 Å². The number of anilines is 2. The summed E-state index contributed by atoms with van der Waals surface area (Å²) < 4.78 is 0. The number of benzene rings is 1. The predicted molar refractivity (Wildman–Crippen MR) is 99.8 cm³/mol. The van der Waals surface area contributed by atoms with Gasteiger partial charge in [-0.05, 0) is 24.3 Å². The molecule has 0 bridgehead atoms. The Morgan fingerprint density at radius 3 is 1.42 bits per heavy atom. The van der Waals surface area contributed by atoms with Crippen molar-refractivity contribution >= 4 is 33.2 Å². The number of hydrogen-bond donors (Lipinski definition) is 0. The Balaban J connectivity index is 1.73. The maximum Gasteiger partial charge on any atom is 0.0986 e. The molecule has 3 aromatic rings. The number of rotatable bonds is 2. The van der Waals surface area contributed by atoms with Crippen LogP contribution in [-0.2, 0) is 0 Å². The molecule has 0 amide bonds. The molecule has 4 heteroatoms. The molecule has 0 saturated carbocycles. The van der Waals surface area contributed by atoms with Gasteiger partial charge in [-0.2, -0.15) is 0 Å². The Hall–Kier alpha value is -2.88. The van der Waals surface area contributed by atoms with Gasteiger partial charge in [0.1, 0.15) is 0 Å². The lowest BCUT2D eigenvalue weighted by atomic mass is 10.1. The van der Waals surface area contributed by atoms with Crippen LogP contribution in [0.5, 0.6) is 0 Å². The van der Waals surface area contributed by atoms with Gasteiger partial charge in [-0.25, -0.2) is 0 Å². The van der Waals surface area contributed by atoms with Gasteiger partial charge in [-0.3, -0.25) is 9.97 Å². The summed E-state index contributed by atoms with van der Waals surface area (Å²) in [6.07, 6.45) is 12.7. The zero-order valence-electron chi connectivity index (χ0n) is 13.4. The average molecular weight is 314 g/mol. The van der Waals surface area contributed by atoms with E-state index in [2.05, 4.69) is 68.3 Å². The first kappa shape index (κ1) is 13.5. The lowest BCUT2D eigenvalue weighted by molar-refractivity contribution is 1.01. The maximum absolute atomic E-state index is 4.67. The summed E-state index contributed by atoms with van der Waals surface area (Å²) in [5.41, 5.74) is 4.46. The largest absolute Gasteiger partial charge is 0.363 e. The van der Waals surface area contributed by atoms with E-state index >= 15 is 0 Å². The summed E-state index contributed by atoms with van der Waals surface area (Å²) in [7, 11) is 0. The second-order valence-electron chi connectivity index (χ2n) is 6.27. The van der Waals surface area contributed by atoms with E-state index in [9.17, 15) is 0 Å². The zero-order valence-corrected chi connectivity index (χ0v) is 13.4. The molecule has 2 aliphatic rings. The zero-order chi connectivity index (χ0) is 15.9. The maximum atomic E-state index is 4.67. The minimum Gasteiger partial charge on any atom is -0.363 e. The van der Waals surface area contributed by atoms with Crippen LogP contribution in [0.25, 0.3) is 21.8 Å². The van der Waals surface area contributed by atoms with Gasteiger partial charge in [0.05, 0.1) is 11.0 Å². The van der Waals surface area contributed by atoms with Crippen molar-refractivity contribution in [3.05, 3.63) is 61.0 Å². The van der Waals surface area contributed by atoms with Gasteiger partial charge in [0.2, 0.25) is 0 Å². The van der Waals surface area contributed by atoms with Crippen LogP contribution in [-0.4, -0.2) is 36.1 Å². The van der Waals surface area contributed by atoms with Gasteiger partial charge in [0.25, 0.3) is 0 Å². The van der Waals surface area contributed by atoms with Crippen molar-refractivity contribution < 1.29 is 0 Å². The molecule has 0 radical (unpaired) electrons. The third-order valence-corrected chi connectivity index (χ3v) is 4.89. The van der Waals surface area contributed by atoms with E-state index in [1.165, 1.54) is 22.1 Å². The van der Waals surface area contributed by atoms with Crippen LogP contribution in [0.3, 0.4) is 0 Å². The molecule has 2 aliphatic heterocycles. The van der Waals surface area contributed by atoms with E-state index in [1.54, 1.807) is 0 Å². The van der Waals surface area contributed by atoms with E-state index in [0.29, 0.717) is 0 Å². The highest BCUT2D eigenvalue weighted by Gasteiger charge is 2.16. The number of aromatic nitrogens is 2. The summed E-state index contributed by atoms with van der Waals surface area (Å²) in [6, 6.07) is 8.62. The summed E-state index contributed by atoms with van der Waals surface area (Å²) in [6.45, 7) is 3.85. The molecule has 24 heavy (non-hydrogen) atoms. The fourth-order valence-corrected chi connectivity index (χ4v) is 3.70. The minimum atomic E-state index is 0.962. The molecule has 0 fully saturated rings. The first-order chi connectivity index (χ1) is 11.9. The molecule has 5 rings (SSSR count). The normalized spacial score (nSPS) is 16.8. The van der Waals surface area contributed by atoms with Crippen molar-refractivity contribution in [2.75, 3.05) is 36.0 Å². The molecule has 2 aromatic heterocycles.